The Hall–Kier alpha value is -0.520. The van der Waals surface area contributed by atoms with Crippen LogP contribution in [-0.4, -0.2) is 0 Å². The fourth-order valence-electron chi connectivity index (χ4n) is 5.24. The molecule has 0 radical (unpaired) electrons. The van der Waals surface area contributed by atoms with Crippen LogP contribution in [0.2, 0.25) is 0 Å². The van der Waals surface area contributed by atoms with Crippen molar-refractivity contribution < 1.29 is 0 Å². The van der Waals surface area contributed by atoms with Crippen LogP contribution in [0.3, 0.4) is 0 Å². The van der Waals surface area contributed by atoms with Crippen LogP contribution in [0.15, 0.2) is 22.8 Å². The van der Waals surface area contributed by atoms with Crippen molar-refractivity contribution in [2.75, 3.05) is 0 Å². The summed E-state index contributed by atoms with van der Waals surface area (Å²) in [7, 11) is 0. The Morgan fingerprint density at radius 2 is 1.85 bits per heavy atom. The van der Waals surface area contributed by atoms with E-state index in [9.17, 15) is 0 Å². The largest absolute Gasteiger partial charge is 0.0748 e. The summed E-state index contributed by atoms with van der Waals surface area (Å²) in [5, 5.41) is 0. The van der Waals surface area contributed by atoms with Gasteiger partial charge in [0.05, 0.1) is 0 Å². The number of hydrogen-bond acceptors (Lipinski definition) is 0. The van der Waals surface area contributed by atoms with Gasteiger partial charge in [-0.3, -0.25) is 0 Å². The molecule has 3 aliphatic rings. The number of hydrogen-bond donors (Lipinski definition) is 0. The molecule has 0 bridgehead atoms. The smallest absolute Gasteiger partial charge is 0.00711 e. The van der Waals surface area contributed by atoms with Gasteiger partial charge >= 0.3 is 0 Å². The van der Waals surface area contributed by atoms with Crippen LogP contribution >= 0.6 is 0 Å². The molecule has 3 rings (SSSR count). The van der Waals surface area contributed by atoms with Crippen molar-refractivity contribution in [3.8, 4) is 0 Å². The van der Waals surface area contributed by atoms with Gasteiger partial charge in [0.15, 0.2) is 0 Å². The van der Waals surface area contributed by atoms with Gasteiger partial charge in [0.25, 0.3) is 0 Å². The highest BCUT2D eigenvalue weighted by Gasteiger charge is 2.41. The second-order valence-corrected chi connectivity index (χ2v) is 8.32. The van der Waals surface area contributed by atoms with Crippen LogP contribution in [0.1, 0.15) is 73.1 Å². The first kappa shape index (κ1) is 14.4. The molecule has 0 saturated heterocycles. The molecule has 3 aliphatic carbocycles. The predicted molar refractivity (Wildman–Crippen MR) is 87.6 cm³/mol. The summed E-state index contributed by atoms with van der Waals surface area (Å²) >= 11 is 0. The molecule has 112 valence electrons. The van der Waals surface area contributed by atoms with Crippen LogP contribution in [0.4, 0.5) is 0 Å². The molecular weight excluding hydrogens is 240 g/mol. The molecule has 1 saturated carbocycles. The van der Waals surface area contributed by atoms with Gasteiger partial charge in [0.2, 0.25) is 0 Å². The maximum Gasteiger partial charge on any atom is 0.00711 e. The molecule has 0 aromatic carbocycles. The number of allylic oxidation sites excluding steroid dienone is 4. The third-order valence-electron chi connectivity index (χ3n) is 6.62. The minimum Gasteiger partial charge on any atom is -0.0748 e. The lowest BCUT2D eigenvalue weighted by atomic mass is 9.71. The van der Waals surface area contributed by atoms with Crippen molar-refractivity contribution in [2.24, 2.45) is 29.1 Å². The molecule has 0 amide bonds. The van der Waals surface area contributed by atoms with Gasteiger partial charge in [-0.05, 0) is 62.2 Å². The highest BCUT2D eigenvalue weighted by molar-refractivity contribution is 5.37. The fourth-order valence-corrected chi connectivity index (χ4v) is 5.24. The lowest BCUT2D eigenvalue weighted by Crippen LogP contribution is -2.22. The summed E-state index contributed by atoms with van der Waals surface area (Å²) in [5.74, 6) is 3.36. The zero-order chi connectivity index (χ0) is 14.5. The summed E-state index contributed by atoms with van der Waals surface area (Å²) in [6.07, 6.45) is 11.1. The van der Waals surface area contributed by atoms with Gasteiger partial charge in [-0.25, -0.2) is 0 Å². The quantitative estimate of drug-likeness (QED) is 0.503. The second kappa shape index (κ2) is 5.04. The maximum atomic E-state index is 2.75. The molecule has 0 aliphatic heterocycles. The monoisotopic (exact) mass is 272 g/mol. The fraction of sp³-hybridized carbons (Fsp3) is 0.800. The molecule has 0 aromatic rings. The summed E-state index contributed by atoms with van der Waals surface area (Å²) < 4.78 is 0. The molecule has 0 heterocycles. The lowest BCUT2D eigenvalue weighted by Gasteiger charge is -2.34. The third-order valence-corrected chi connectivity index (χ3v) is 6.62. The summed E-state index contributed by atoms with van der Waals surface area (Å²) in [4.78, 5) is 0. The second-order valence-electron chi connectivity index (χ2n) is 8.32. The van der Waals surface area contributed by atoms with Gasteiger partial charge in [-0.1, -0.05) is 57.4 Å². The molecule has 1 fully saturated rings. The highest BCUT2D eigenvalue weighted by Crippen LogP contribution is 2.54. The average molecular weight is 272 g/mol. The lowest BCUT2D eigenvalue weighted by molar-refractivity contribution is 0.356. The van der Waals surface area contributed by atoms with Gasteiger partial charge in [-0.2, -0.15) is 0 Å². The van der Waals surface area contributed by atoms with Crippen molar-refractivity contribution in [1.82, 2.24) is 0 Å². The van der Waals surface area contributed by atoms with Crippen LogP contribution in [0.5, 0.6) is 0 Å². The maximum absolute atomic E-state index is 2.75. The molecular formula is C20H32. The minimum absolute atomic E-state index is 0.395. The van der Waals surface area contributed by atoms with E-state index >= 15 is 0 Å². The van der Waals surface area contributed by atoms with Crippen molar-refractivity contribution in [3.05, 3.63) is 22.8 Å². The Bertz CT molecular complexity index is 451. The van der Waals surface area contributed by atoms with Gasteiger partial charge in [0, 0.05) is 5.41 Å². The molecule has 0 heteroatoms. The van der Waals surface area contributed by atoms with Crippen LogP contribution in [0, 0.1) is 29.1 Å². The Kier molecular flexibility index (Phi) is 3.63. The zero-order valence-electron chi connectivity index (χ0n) is 14.1. The van der Waals surface area contributed by atoms with Gasteiger partial charge < -0.3 is 0 Å². The first-order valence-corrected chi connectivity index (χ1v) is 8.87. The molecule has 0 nitrogen and oxygen atoms in total. The first-order chi connectivity index (χ1) is 9.42. The van der Waals surface area contributed by atoms with Crippen LogP contribution in [-0.2, 0) is 0 Å². The molecule has 0 aromatic heterocycles. The van der Waals surface area contributed by atoms with Crippen molar-refractivity contribution >= 4 is 0 Å². The van der Waals surface area contributed by atoms with E-state index in [1.54, 1.807) is 5.57 Å². The van der Waals surface area contributed by atoms with E-state index in [2.05, 4.69) is 40.7 Å². The van der Waals surface area contributed by atoms with Crippen LogP contribution < -0.4 is 0 Å². The molecule has 20 heavy (non-hydrogen) atoms. The van der Waals surface area contributed by atoms with E-state index in [0.29, 0.717) is 5.41 Å². The van der Waals surface area contributed by atoms with E-state index in [4.69, 9.17) is 0 Å². The normalized spacial score (nSPS) is 41.3. The molecule has 0 spiro atoms. The SMILES string of the molecule is CC(C)C1=C2CC[C@H](C)[C@@H]3CC[C@H](C)C3=C[C@@]2(C)CC1. The summed E-state index contributed by atoms with van der Waals surface area (Å²) in [6.45, 7) is 12.3. The van der Waals surface area contributed by atoms with Gasteiger partial charge in [-0.15, -0.1) is 0 Å². The minimum atomic E-state index is 0.395. The Morgan fingerprint density at radius 1 is 1.10 bits per heavy atom. The van der Waals surface area contributed by atoms with Crippen molar-refractivity contribution in [2.45, 2.75) is 73.1 Å². The Morgan fingerprint density at radius 3 is 2.55 bits per heavy atom. The Balaban J connectivity index is 2.06. The average Bonchev–Trinajstić information content (AvgIpc) is 2.88. The van der Waals surface area contributed by atoms with E-state index < -0.39 is 0 Å². The topological polar surface area (TPSA) is 0 Å². The highest BCUT2D eigenvalue weighted by atomic mass is 14.5. The first-order valence-electron chi connectivity index (χ1n) is 8.87. The van der Waals surface area contributed by atoms with E-state index in [1.807, 2.05) is 11.1 Å². The van der Waals surface area contributed by atoms with E-state index in [0.717, 1.165) is 23.7 Å². The summed E-state index contributed by atoms with van der Waals surface area (Å²) in [6, 6.07) is 0. The molecule has 4 atom stereocenters. The summed E-state index contributed by atoms with van der Waals surface area (Å²) in [5.41, 5.74) is 5.83. The van der Waals surface area contributed by atoms with Crippen LogP contribution in [0.25, 0.3) is 0 Å². The standard InChI is InChI=1S/C20H32/c1-13(2)16-10-11-20(5)12-18-15(4)6-8-17(18)14(3)7-9-19(16)20/h12-15,17H,6-11H2,1-5H3/t14-,15-,17-,20+/m0/s1. The molecule has 0 unspecified atom stereocenters. The zero-order valence-corrected chi connectivity index (χ0v) is 14.1. The van der Waals surface area contributed by atoms with Crippen molar-refractivity contribution in [1.29, 1.82) is 0 Å². The van der Waals surface area contributed by atoms with E-state index in [-0.39, 0.29) is 0 Å². The van der Waals surface area contributed by atoms with Gasteiger partial charge in [0.1, 0.15) is 0 Å². The number of rotatable bonds is 1. The van der Waals surface area contributed by atoms with Crippen molar-refractivity contribution in [3.63, 3.8) is 0 Å². The predicted octanol–water partition coefficient (Wildman–Crippen LogP) is 6.14. The number of fused-ring (bicyclic) bond motifs is 2. The Labute approximate surface area is 125 Å². The molecule has 0 N–H and O–H groups in total. The third kappa shape index (κ3) is 2.20. The van der Waals surface area contributed by atoms with E-state index in [1.165, 1.54) is 38.5 Å².